The Hall–Kier alpha value is -2.08. The molecule has 1 saturated heterocycles. The first-order valence-electron chi connectivity index (χ1n) is 9.16. The van der Waals surface area contributed by atoms with E-state index in [4.69, 9.17) is 4.42 Å². The van der Waals surface area contributed by atoms with E-state index in [2.05, 4.69) is 21.4 Å². The van der Waals surface area contributed by atoms with Crippen LogP contribution in [0.25, 0.3) is 0 Å². The largest absolute Gasteiger partial charge is 0.467 e. The van der Waals surface area contributed by atoms with Gasteiger partial charge in [0.1, 0.15) is 5.76 Å². The van der Waals surface area contributed by atoms with Crippen molar-refractivity contribution in [3.05, 3.63) is 42.1 Å². The zero-order valence-corrected chi connectivity index (χ0v) is 14.8. The van der Waals surface area contributed by atoms with E-state index in [1.54, 1.807) is 6.26 Å². The normalized spacial score (nSPS) is 26.5. The van der Waals surface area contributed by atoms with Gasteiger partial charge in [0.15, 0.2) is 0 Å². The van der Waals surface area contributed by atoms with Gasteiger partial charge in [0.2, 0.25) is 5.91 Å². The smallest absolute Gasteiger partial charge is 0.224 e. The number of hydrogen-bond acceptors (Lipinski definition) is 4. The number of amides is 1. The van der Waals surface area contributed by atoms with Crippen LogP contribution in [0.4, 0.5) is 0 Å². The molecule has 1 N–H and O–H groups in total. The Morgan fingerprint density at radius 2 is 2.36 bits per heavy atom. The van der Waals surface area contributed by atoms with E-state index in [0.29, 0.717) is 6.54 Å². The van der Waals surface area contributed by atoms with Gasteiger partial charge < -0.3 is 9.73 Å². The number of carbonyl (C=O) groups excluding carboxylic acids is 1. The number of carbonyl (C=O) groups is 1. The van der Waals surface area contributed by atoms with Crippen molar-refractivity contribution in [3.8, 4) is 0 Å². The van der Waals surface area contributed by atoms with Crippen molar-refractivity contribution >= 4 is 5.91 Å². The van der Waals surface area contributed by atoms with Gasteiger partial charge in [0.05, 0.1) is 18.5 Å². The van der Waals surface area contributed by atoms with Crippen molar-refractivity contribution in [1.82, 2.24) is 20.0 Å². The van der Waals surface area contributed by atoms with E-state index in [1.807, 2.05) is 30.1 Å². The van der Waals surface area contributed by atoms with Crippen molar-refractivity contribution < 1.29 is 9.21 Å². The third-order valence-electron chi connectivity index (χ3n) is 6.01. The summed E-state index contributed by atoms with van der Waals surface area (Å²) in [5.74, 6) is 1.12. The molecule has 2 atom stereocenters. The Morgan fingerprint density at radius 1 is 1.44 bits per heavy atom. The molecule has 3 heterocycles. The van der Waals surface area contributed by atoms with Gasteiger partial charge >= 0.3 is 0 Å². The SMILES string of the molecule is Cn1nccc1CN1CC[C@]2(CCC[C@H]2C(=O)NCc2ccco2)C1. The summed E-state index contributed by atoms with van der Waals surface area (Å²) in [4.78, 5) is 15.3. The summed E-state index contributed by atoms with van der Waals surface area (Å²) in [6, 6.07) is 5.83. The number of aromatic nitrogens is 2. The monoisotopic (exact) mass is 342 g/mol. The van der Waals surface area contributed by atoms with Crippen LogP contribution in [0.3, 0.4) is 0 Å². The summed E-state index contributed by atoms with van der Waals surface area (Å²) in [5.41, 5.74) is 1.38. The number of furan rings is 1. The van der Waals surface area contributed by atoms with Gasteiger partial charge in [-0.3, -0.25) is 14.4 Å². The number of nitrogens with zero attached hydrogens (tertiary/aromatic N) is 3. The number of rotatable bonds is 5. The maximum absolute atomic E-state index is 12.8. The molecule has 0 radical (unpaired) electrons. The van der Waals surface area contributed by atoms with Gasteiger partial charge in [-0.2, -0.15) is 5.10 Å². The topological polar surface area (TPSA) is 63.3 Å². The average Bonchev–Trinajstić information content (AvgIpc) is 3.38. The first kappa shape index (κ1) is 16.4. The summed E-state index contributed by atoms with van der Waals surface area (Å²) in [6.45, 7) is 3.47. The highest BCUT2D eigenvalue weighted by Gasteiger charge is 2.50. The van der Waals surface area contributed by atoms with Gasteiger partial charge in [0, 0.05) is 32.3 Å². The van der Waals surface area contributed by atoms with Crippen LogP contribution in [-0.4, -0.2) is 33.7 Å². The molecule has 6 heteroatoms. The molecule has 1 aliphatic heterocycles. The fraction of sp³-hybridized carbons (Fsp3) is 0.579. The minimum atomic E-state index is 0.124. The summed E-state index contributed by atoms with van der Waals surface area (Å²) < 4.78 is 7.26. The van der Waals surface area contributed by atoms with Crippen molar-refractivity contribution in [1.29, 1.82) is 0 Å². The number of likely N-dealkylation sites (tertiary alicyclic amines) is 1. The highest BCUT2D eigenvalue weighted by atomic mass is 16.3. The maximum atomic E-state index is 12.8. The van der Waals surface area contributed by atoms with E-state index >= 15 is 0 Å². The lowest BCUT2D eigenvalue weighted by Crippen LogP contribution is -2.40. The number of nitrogens with one attached hydrogen (secondary N) is 1. The van der Waals surface area contributed by atoms with E-state index in [1.165, 1.54) is 5.69 Å². The zero-order valence-electron chi connectivity index (χ0n) is 14.8. The first-order valence-corrected chi connectivity index (χ1v) is 9.16. The van der Waals surface area contributed by atoms with Gasteiger partial charge in [-0.15, -0.1) is 0 Å². The third-order valence-corrected chi connectivity index (χ3v) is 6.01. The van der Waals surface area contributed by atoms with Crippen molar-refractivity contribution in [2.45, 2.75) is 38.8 Å². The Morgan fingerprint density at radius 3 is 3.12 bits per heavy atom. The van der Waals surface area contributed by atoms with Gasteiger partial charge in [-0.25, -0.2) is 0 Å². The van der Waals surface area contributed by atoms with E-state index in [9.17, 15) is 4.79 Å². The van der Waals surface area contributed by atoms with Gasteiger partial charge in [-0.05, 0) is 49.4 Å². The highest BCUT2D eigenvalue weighted by molar-refractivity contribution is 5.80. The Labute approximate surface area is 148 Å². The van der Waals surface area contributed by atoms with Gasteiger partial charge in [-0.1, -0.05) is 6.42 Å². The molecule has 2 aromatic rings. The molecular weight excluding hydrogens is 316 g/mol. The predicted octanol–water partition coefficient (Wildman–Crippen LogP) is 2.32. The van der Waals surface area contributed by atoms with Crippen LogP contribution < -0.4 is 5.32 Å². The van der Waals surface area contributed by atoms with E-state index < -0.39 is 0 Å². The minimum Gasteiger partial charge on any atom is -0.467 e. The first-order chi connectivity index (χ1) is 12.2. The fourth-order valence-electron chi connectivity index (χ4n) is 4.65. The molecule has 2 fully saturated rings. The summed E-state index contributed by atoms with van der Waals surface area (Å²) in [6.07, 6.45) is 7.92. The maximum Gasteiger partial charge on any atom is 0.224 e. The molecule has 0 aromatic carbocycles. The Bertz CT molecular complexity index is 724. The molecule has 2 aromatic heterocycles. The molecular formula is C19H26N4O2. The molecule has 1 spiro atoms. The summed E-state index contributed by atoms with van der Waals surface area (Å²) in [7, 11) is 1.99. The Balaban J connectivity index is 1.38. The molecule has 1 saturated carbocycles. The molecule has 6 nitrogen and oxygen atoms in total. The number of aryl methyl sites for hydroxylation is 1. The second kappa shape index (κ2) is 6.67. The molecule has 1 aliphatic carbocycles. The van der Waals surface area contributed by atoms with E-state index in [0.717, 1.165) is 51.1 Å². The number of hydrogen-bond donors (Lipinski definition) is 1. The second-order valence-corrected chi connectivity index (χ2v) is 7.51. The lowest BCUT2D eigenvalue weighted by molar-refractivity contribution is -0.128. The minimum absolute atomic E-state index is 0.124. The third kappa shape index (κ3) is 3.23. The molecule has 134 valence electrons. The molecule has 1 amide bonds. The van der Waals surface area contributed by atoms with Crippen LogP contribution in [0, 0.1) is 11.3 Å². The Kier molecular flexibility index (Phi) is 4.37. The second-order valence-electron chi connectivity index (χ2n) is 7.51. The van der Waals surface area contributed by atoms with Crippen molar-refractivity contribution in [2.24, 2.45) is 18.4 Å². The van der Waals surface area contributed by atoms with Crippen LogP contribution in [0.5, 0.6) is 0 Å². The quantitative estimate of drug-likeness (QED) is 0.906. The van der Waals surface area contributed by atoms with Crippen LogP contribution in [0.2, 0.25) is 0 Å². The standard InChI is InChI=1S/C19H26N4O2/c1-22-15(6-9-21-22)13-23-10-8-19(14-23)7-2-5-17(19)18(24)20-12-16-4-3-11-25-16/h3-4,6,9,11,17H,2,5,7-8,10,12-14H2,1H3,(H,20,24)/t17-,19+/m0/s1. The fourth-order valence-corrected chi connectivity index (χ4v) is 4.65. The molecule has 2 aliphatic rings. The highest BCUT2D eigenvalue weighted by Crippen LogP contribution is 2.50. The molecule has 0 unspecified atom stereocenters. The van der Waals surface area contributed by atoms with Crippen molar-refractivity contribution in [3.63, 3.8) is 0 Å². The van der Waals surface area contributed by atoms with Crippen LogP contribution >= 0.6 is 0 Å². The summed E-state index contributed by atoms with van der Waals surface area (Å²) in [5, 5.41) is 7.34. The zero-order chi connectivity index (χ0) is 17.3. The van der Waals surface area contributed by atoms with Gasteiger partial charge in [0.25, 0.3) is 0 Å². The molecule has 4 rings (SSSR count). The van der Waals surface area contributed by atoms with Crippen molar-refractivity contribution in [2.75, 3.05) is 13.1 Å². The average molecular weight is 342 g/mol. The lowest BCUT2D eigenvalue weighted by atomic mass is 9.76. The van der Waals surface area contributed by atoms with E-state index in [-0.39, 0.29) is 17.2 Å². The van der Waals surface area contributed by atoms with Crippen LogP contribution in [0.15, 0.2) is 35.1 Å². The van der Waals surface area contributed by atoms with Crippen LogP contribution in [-0.2, 0) is 24.9 Å². The summed E-state index contributed by atoms with van der Waals surface area (Å²) >= 11 is 0. The molecule has 25 heavy (non-hydrogen) atoms. The van der Waals surface area contributed by atoms with Crippen LogP contribution in [0.1, 0.15) is 37.1 Å². The predicted molar refractivity (Wildman–Crippen MR) is 93.4 cm³/mol. The lowest BCUT2D eigenvalue weighted by Gasteiger charge is -2.30. The molecule has 0 bridgehead atoms.